The van der Waals surface area contributed by atoms with Gasteiger partial charge in [0.1, 0.15) is 5.75 Å². The van der Waals surface area contributed by atoms with Gasteiger partial charge in [-0.2, -0.15) is 4.31 Å². The van der Waals surface area contributed by atoms with E-state index in [4.69, 9.17) is 4.74 Å². The van der Waals surface area contributed by atoms with Gasteiger partial charge in [0.2, 0.25) is 10.0 Å². The summed E-state index contributed by atoms with van der Waals surface area (Å²) in [5.74, 6) is 0.0418. The molecular weight excluding hydrogens is 400 g/mol. The van der Waals surface area contributed by atoms with E-state index in [0.29, 0.717) is 17.0 Å². The van der Waals surface area contributed by atoms with Gasteiger partial charge in [-0.3, -0.25) is 4.79 Å². The van der Waals surface area contributed by atoms with E-state index >= 15 is 0 Å². The number of methoxy groups -OCH3 is 1. The SMILES string of the molecule is COc1ccc(S(=O)(=O)N(C)Cc2ccccc2)cc1NC(=O)c1ccccc1C. The van der Waals surface area contributed by atoms with Crippen LogP contribution in [0.1, 0.15) is 21.5 Å². The smallest absolute Gasteiger partial charge is 0.256 e. The summed E-state index contributed by atoms with van der Waals surface area (Å²) >= 11 is 0. The molecular formula is C23H24N2O4S. The molecule has 0 aliphatic rings. The zero-order valence-electron chi connectivity index (χ0n) is 17.1. The molecule has 0 aliphatic heterocycles. The minimum atomic E-state index is -3.77. The van der Waals surface area contributed by atoms with Crippen molar-refractivity contribution in [3.8, 4) is 5.75 Å². The quantitative estimate of drug-likeness (QED) is 0.620. The van der Waals surface area contributed by atoms with Crippen LogP contribution >= 0.6 is 0 Å². The standard InChI is InChI=1S/C23H24N2O4S/c1-17-9-7-8-12-20(17)23(26)24-21-15-19(13-14-22(21)29-3)30(27,28)25(2)16-18-10-5-4-6-11-18/h4-15H,16H2,1-3H3,(H,24,26). The van der Waals surface area contributed by atoms with Crippen LogP contribution in [0.5, 0.6) is 5.75 Å². The van der Waals surface area contributed by atoms with E-state index < -0.39 is 10.0 Å². The van der Waals surface area contributed by atoms with Crippen LogP contribution in [0.15, 0.2) is 77.7 Å². The number of benzene rings is 3. The van der Waals surface area contributed by atoms with Gasteiger partial charge in [-0.1, -0.05) is 48.5 Å². The van der Waals surface area contributed by atoms with Crippen LogP contribution < -0.4 is 10.1 Å². The highest BCUT2D eigenvalue weighted by Crippen LogP contribution is 2.29. The van der Waals surface area contributed by atoms with Crippen LogP contribution in [0.4, 0.5) is 5.69 Å². The molecule has 7 heteroatoms. The molecule has 1 N–H and O–H groups in total. The second-order valence-corrected chi connectivity index (χ2v) is 8.92. The van der Waals surface area contributed by atoms with Crippen molar-refractivity contribution >= 4 is 21.6 Å². The highest BCUT2D eigenvalue weighted by atomic mass is 32.2. The van der Waals surface area contributed by atoms with Gasteiger partial charge in [0.15, 0.2) is 0 Å². The molecule has 0 bridgehead atoms. The summed E-state index contributed by atoms with van der Waals surface area (Å²) in [6.45, 7) is 2.08. The molecule has 0 aromatic heterocycles. The maximum absolute atomic E-state index is 13.1. The first-order chi connectivity index (χ1) is 14.3. The third kappa shape index (κ3) is 4.69. The van der Waals surface area contributed by atoms with Crippen molar-refractivity contribution in [2.45, 2.75) is 18.4 Å². The summed E-state index contributed by atoms with van der Waals surface area (Å²) in [5.41, 5.74) is 2.50. The second-order valence-electron chi connectivity index (χ2n) is 6.88. The van der Waals surface area contributed by atoms with Crippen molar-refractivity contribution in [3.63, 3.8) is 0 Å². The van der Waals surface area contributed by atoms with Crippen molar-refractivity contribution in [2.75, 3.05) is 19.5 Å². The van der Waals surface area contributed by atoms with E-state index in [1.165, 1.54) is 36.7 Å². The van der Waals surface area contributed by atoms with E-state index in [0.717, 1.165) is 11.1 Å². The Hall–Kier alpha value is -3.16. The zero-order chi connectivity index (χ0) is 21.7. The maximum atomic E-state index is 13.1. The first-order valence-electron chi connectivity index (χ1n) is 9.38. The topological polar surface area (TPSA) is 75.7 Å². The molecule has 0 saturated heterocycles. The lowest BCUT2D eigenvalue weighted by molar-refractivity contribution is 0.102. The van der Waals surface area contributed by atoms with Gasteiger partial charge in [0.25, 0.3) is 5.91 Å². The molecule has 0 radical (unpaired) electrons. The number of carbonyl (C=O) groups excluding carboxylic acids is 1. The Morgan fingerprint density at radius 3 is 2.33 bits per heavy atom. The van der Waals surface area contributed by atoms with Crippen molar-refractivity contribution in [1.29, 1.82) is 0 Å². The Morgan fingerprint density at radius 2 is 1.67 bits per heavy atom. The van der Waals surface area contributed by atoms with E-state index in [-0.39, 0.29) is 17.3 Å². The molecule has 0 saturated carbocycles. The molecule has 30 heavy (non-hydrogen) atoms. The molecule has 0 unspecified atom stereocenters. The highest BCUT2D eigenvalue weighted by molar-refractivity contribution is 7.89. The fourth-order valence-electron chi connectivity index (χ4n) is 3.07. The number of nitrogens with zero attached hydrogens (tertiary/aromatic N) is 1. The van der Waals surface area contributed by atoms with Gasteiger partial charge in [-0.25, -0.2) is 8.42 Å². The third-order valence-electron chi connectivity index (χ3n) is 4.77. The largest absolute Gasteiger partial charge is 0.495 e. The van der Waals surface area contributed by atoms with Gasteiger partial charge in [-0.15, -0.1) is 0 Å². The fourth-order valence-corrected chi connectivity index (χ4v) is 4.25. The fraction of sp³-hybridized carbons (Fsp3) is 0.174. The average Bonchev–Trinajstić information content (AvgIpc) is 2.74. The number of sulfonamides is 1. The molecule has 0 spiro atoms. The Bertz CT molecular complexity index is 1140. The first kappa shape index (κ1) is 21.5. The zero-order valence-corrected chi connectivity index (χ0v) is 17.9. The van der Waals surface area contributed by atoms with E-state index in [1.807, 2.05) is 49.4 Å². The summed E-state index contributed by atoms with van der Waals surface area (Å²) in [4.78, 5) is 12.8. The van der Waals surface area contributed by atoms with Crippen LogP contribution in [0.25, 0.3) is 0 Å². The Morgan fingerprint density at radius 1 is 1.00 bits per heavy atom. The monoisotopic (exact) mass is 424 g/mol. The van der Waals surface area contributed by atoms with Crippen LogP contribution in [0.2, 0.25) is 0 Å². The van der Waals surface area contributed by atoms with Crippen LogP contribution in [-0.2, 0) is 16.6 Å². The van der Waals surface area contributed by atoms with Crippen LogP contribution in [0.3, 0.4) is 0 Å². The molecule has 0 atom stereocenters. The molecule has 6 nitrogen and oxygen atoms in total. The highest BCUT2D eigenvalue weighted by Gasteiger charge is 2.23. The number of aryl methyl sites for hydroxylation is 1. The lowest BCUT2D eigenvalue weighted by Crippen LogP contribution is -2.26. The number of rotatable bonds is 7. The summed E-state index contributed by atoms with van der Waals surface area (Å²) in [6.07, 6.45) is 0. The number of amides is 1. The third-order valence-corrected chi connectivity index (χ3v) is 6.56. The van der Waals surface area contributed by atoms with Crippen molar-refractivity contribution in [2.24, 2.45) is 0 Å². The lowest BCUT2D eigenvalue weighted by atomic mass is 10.1. The first-order valence-corrected chi connectivity index (χ1v) is 10.8. The van der Waals surface area contributed by atoms with E-state index in [9.17, 15) is 13.2 Å². The van der Waals surface area contributed by atoms with Gasteiger partial charge in [0.05, 0.1) is 17.7 Å². The Balaban J connectivity index is 1.89. The second kappa shape index (κ2) is 9.11. The molecule has 3 aromatic carbocycles. The summed E-state index contributed by atoms with van der Waals surface area (Å²) in [6, 6.07) is 21.0. The number of anilines is 1. The molecule has 156 valence electrons. The Labute approximate surface area is 177 Å². The molecule has 1 amide bonds. The predicted molar refractivity (Wildman–Crippen MR) is 117 cm³/mol. The summed E-state index contributed by atoms with van der Waals surface area (Å²) in [5, 5.41) is 2.77. The van der Waals surface area contributed by atoms with Crippen LogP contribution in [-0.4, -0.2) is 32.8 Å². The van der Waals surface area contributed by atoms with Crippen molar-refractivity contribution in [3.05, 3.63) is 89.5 Å². The molecule has 3 aromatic rings. The average molecular weight is 425 g/mol. The van der Waals surface area contributed by atoms with Gasteiger partial charge in [0, 0.05) is 19.2 Å². The van der Waals surface area contributed by atoms with E-state index in [2.05, 4.69) is 5.32 Å². The van der Waals surface area contributed by atoms with Gasteiger partial charge >= 0.3 is 0 Å². The number of hydrogen-bond donors (Lipinski definition) is 1. The number of ether oxygens (including phenoxy) is 1. The summed E-state index contributed by atoms with van der Waals surface area (Å²) in [7, 11) is -0.774. The van der Waals surface area contributed by atoms with Crippen molar-refractivity contribution in [1.82, 2.24) is 4.31 Å². The van der Waals surface area contributed by atoms with Crippen LogP contribution in [0, 0.1) is 6.92 Å². The lowest BCUT2D eigenvalue weighted by Gasteiger charge is -2.19. The molecule has 3 rings (SSSR count). The minimum absolute atomic E-state index is 0.0711. The van der Waals surface area contributed by atoms with Gasteiger partial charge < -0.3 is 10.1 Å². The number of carbonyl (C=O) groups is 1. The predicted octanol–water partition coefficient (Wildman–Crippen LogP) is 4.08. The summed E-state index contributed by atoms with van der Waals surface area (Å²) < 4.78 is 32.7. The van der Waals surface area contributed by atoms with E-state index in [1.54, 1.807) is 12.1 Å². The maximum Gasteiger partial charge on any atom is 0.256 e. The molecule has 0 heterocycles. The number of nitrogens with one attached hydrogen (secondary N) is 1. The minimum Gasteiger partial charge on any atom is -0.495 e. The Kier molecular flexibility index (Phi) is 6.54. The normalized spacial score (nSPS) is 11.3. The van der Waals surface area contributed by atoms with Gasteiger partial charge in [-0.05, 0) is 42.3 Å². The number of hydrogen-bond acceptors (Lipinski definition) is 4. The van der Waals surface area contributed by atoms with Crippen molar-refractivity contribution < 1.29 is 17.9 Å². The molecule has 0 aliphatic carbocycles. The molecule has 0 fully saturated rings.